The first-order valence-electron chi connectivity index (χ1n) is 11.1. The lowest BCUT2D eigenvalue weighted by atomic mass is 9.85. The number of hydrogen-bond donors (Lipinski definition) is 0. The quantitative estimate of drug-likeness (QED) is 0.194. The van der Waals surface area contributed by atoms with Crippen molar-refractivity contribution in [2.45, 2.75) is 79.1 Å². The summed E-state index contributed by atoms with van der Waals surface area (Å²) in [5, 5.41) is 0. The van der Waals surface area contributed by atoms with Gasteiger partial charge in [-0.05, 0) is 57.3 Å². The average Bonchev–Trinajstić information content (AvgIpc) is 2.66. The minimum atomic E-state index is -0.108. The first-order chi connectivity index (χ1) is 14.0. The van der Waals surface area contributed by atoms with Crippen LogP contribution in [-0.2, 0) is 9.53 Å². The van der Waals surface area contributed by atoms with Crippen LogP contribution in [-0.4, -0.2) is 12.6 Å². The molecule has 0 radical (unpaired) electrons. The standard InChI is InChI=1S/C27H42O2/c1-5-7-8-9-10-11-12-13-14-15-16-17-18-19-20-21-22-23-24-27(3,4)25-26(28)29-6-2/h7-8,10-11,13-14,16-17,19-20,22-23H,5-6,9,12,15,18,21,24-25H2,1-4H3/b8-7-,11-10-,14-13-,17-16-,20-19-,23-22-. The van der Waals surface area contributed by atoms with Crippen LogP contribution in [0.1, 0.15) is 79.1 Å². The normalized spacial score (nSPS) is 13.4. The second kappa shape index (κ2) is 19.2. The fraction of sp³-hybridized carbons (Fsp3) is 0.519. The van der Waals surface area contributed by atoms with Crippen LogP contribution in [0.25, 0.3) is 0 Å². The molecule has 0 rings (SSSR count). The minimum absolute atomic E-state index is 0.0510. The van der Waals surface area contributed by atoms with E-state index in [1.807, 2.05) is 6.92 Å². The zero-order valence-corrected chi connectivity index (χ0v) is 19.1. The third kappa shape index (κ3) is 20.5. The van der Waals surface area contributed by atoms with Gasteiger partial charge in [0.1, 0.15) is 0 Å². The molecule has 29 heavy (non-hydrogen) atoms. The van der Waals surface area contributed by atoms with Crippen LogP contribution < -0.4 is 0 Å². The Morgan fingerprint density at radius 1 is 0.655 bits per heavy atom. The summed E-state index contributed by atoms with van der Waals surface area (Å²) in [7, 11) is 0. The van der Waals surface area contributed by atoms with Gasteiger partial charge in [-0.3, -0.25) is 4.79 Å². The lowest BCUT2D eigenvalue weighted by Crippen LogP contribution is -2.18. The summed E-state index contributed by atoms with van der Waals surface area (Å²) in [6.07, 6.45) is 33.8. The van der Waals surface area contributed by atoms with Crippen LogP contribution in [0.5, 0.6) is 0 Å². The van der Waals surface area contributed by atoms with Gasteiger partial charge in [-0.25, -0.2) is 0 Å². The van der Waals surface area contributed by atoms with Gasteiger partial charge in [-0.2, -0.15) is 0 Å². The Kier molecular flexibility index (Phi) is 17.8. The summed E-state index contributed by atoms with van der Waals surface area (Å²) < 4.78 is 5.03. The van der Waals surface area contributed by atoms with Crippen LogP contribution >= 0.6 is 0 Å². The molecule has 0 atom stereocenters. The second-order valence-corrected chi connectivity index (χ2v) is 7.77. The number of hydrogen-bond acceptors (Lipinski definition) is 2. The molecule has 0 saturated heterocycles. The first-order valence-corrected chi connectivity index (χ1v) is 11.1. The molecule has 0 fully saturated rings. The van der Waals surface area contributed by atoms with Crippen molar-refractivity contribution >= 4 is 5.97 Å². The van der Waals surface area contributed by atoms with Gasteiger partial charge in [0.25, 0.3) is 0 Å². The van der Waals surface area contributed by atoms with E-state index in [0.29, 0.717) is 13.0 Å². The van der Waals surface area contributed by atoms with E-state index < -0.39 is 0 Å². The molecule has 2 nitrogen and oxygen atoms in total. The highest BCUT2D eigenvalue weighted by Crippen LogP contribution is 2.26. The molecule has 0 aliphatic carbocycles. The van der Waals surface area contributed by atoms with Gasteiger partial charge in [0.05, 0.1) is 13.0 Å². The topological polar surface area (TPSA) is 26.3 Å². The Morgan fingerprint density at radius 2 is 1.03 bits per heavy atom. The molecule has 0 N–H and O–H groups in total. The second-order valence-electron chi connectivity index (χ2n) is 7.77. The molecule has 0 spiro atoms. The van der Waals surface area contributed by atoms with Crippen molar-refractivity contribution in [1.82, 2.24) is 0 Å². The SMILES string of the molecule is CC/C=C\C/C=C\C/C=C\C/C=C\C/C=C\C/C=C\CC(C)(C)CC(=O)OCC. The van der Waals surface area contributed by atoms with Crippen LogP contribution in [0, 0.1) is 5.41 Å². The van der Waals surface area contributed by atoms with Gasteiger partial charge in [0, 0.05) is 0 Å². The van der Waals surface area contributed by atoms with Crippen LogP contribution in [0.4, 0.5) is 0 Å². The highest BCUT2D eigenvalue weighted by molar-refractivity contribution is 5.70. The Hall–Kier alpha value is -2.09. The molecule has 0 unspecified atom stereocenters. The number of allylic oxidation sites excluding steroid dienone is 12. The van der Waals surface area contributed by atoms with Gasteiger partial charge >= 0.3 is 5.97 Å². The van der Waals surface area contributed by atoms with E-state index >= 15 is 0 Å². The predicted octanol–water partition coefficient (Wildman–Crippen LogP) is 8.05. The van der Waals surface area contributed by atoms with E-state index in [1.165, 1.54) is 0 Å². The molecule has 162 valence electrons. The van der Waals surface area contributed by atoms with Gasteiger partial charge in [-0.15, -0.1) is 0 Å². The smallest absolute Gasteiger partial charge is 0.306 e. The van der Waals surface area contributed by atoms with Gasteiger partial charge in [-0.1, -0.05) is 93.7 Å². The Labute approximate surface area is 179 Å². The Morgan fingerprint density at radius 3 is 1.41 bits per heavy atom. The van der Waals surface area contributed by atoms with Crippen molar-refractivity contribution in [1.29, 1.82) is 0 Å². The molecule has 0 heterocycles. The molecule has 0 aliphatic rings. The molecule has 2 heteroatoms. The van der Waals surface area contributed by atoms with Gasteiger partial charge in [0.15, 0.2) is 0 Å². The molecule has 0 saturated carbocycles. The zero-order valence-electron chi connectivity index (χ0n) is 19.1. The molecule has 0 aliphatic heterocycles. The van der Waals surface area contributed by atoms with Crippen molar-refractivity contribution in [2.75, 3.05) is 6.61 Å². The zero-order chi connectivity index (χ0) is 21.6. The van der Waals surface area contributed by atoms with E-state index in [9.17, 15) is 4.79 Å². The Balaban J connectivity index is 3.77. The van der Waals surface area contributed by atoms with Gasteiger partial charge in [0.2, 0.25) is 0 Å². The van der Waals surface area contributed by atoms with E-state index in [4.69, 9.17) is 4.74 Å². The Bertz CT molecular complexity index is 571. The number of ether oxygens (including phenoxy) is 1. The summed E-state index contributed by atoms with van der Waals surface area (Å²) in [5.74, 6) is -0.108. The number of esters is 1. The van der Waals surface area contributed by atoms with E-state index in [1.54, 1.807) is 0 Å². The fourth-order valence-electron chi connectivity index (χ4n) is 2.60. The molecule has 0 bridgehead atoms. The number of carbonyl (C=O) groups is 1. The number of rotatable bonds is 16. The van der Waals surface area contributed by atoms with Crippen LogP contribution in [0.15, 0.2) is 72.9 Å². The average molecular weight is 399 g/mol. The molecule has 0 aromatic rings. The summed E-state index contributed by atoms with van der Waals surface area (Å²) in [6, 6.07) is 0. The van der Waals surface area contributed by atoms with Crippen molar-refractivity contribution in [3.05, 3.63) is 72.9 Å². The fourth-order valence-corrected chi connectivity index (χ4v) is 2.60. The van der Waals surface area contributed by atoms with Crippen LogP contribution in [0.3, 0.4) is 0 Å². The highest BCUT2D eigenvalue weighted by atomic mass is 16.5. The maximum absolute atomic E-state index is 11.6. The maximum Gasteiger partial charge on any atom is 0.306 e. The lowest BCUT2D eigenvalue weighted by Gasteiger charge is -2.21. The monoisotopic (exact) mass is 398 g/mol. The third-order valence-corrected chi connectivity index (χ3v) is 4.20. The maximum atomic E-state index is 11.6. The number of carbonyl (C=O) groups excluding carboxylic acids is 1. The van der Waals surface area contributed by atoms with E-state index in [-0.39, 0.29) is 11.4 Å². The lowest BCUT2D eigenvalue weighted by molar-refractivity contribution is -0.145. The molecular weight excluding hydrogens is 356 g/mol. The van der Waals surface area contributed by atoms with Crippen molar-refractivity contribution in [3.63, 3.8) is 0 Å². The van der Waals surface area contributed by atoms with E-state index in [2.05, 4.69) is 93.7 Å². The minimum Gasteiger partial charge on any atom is -0.466 e. The highest BCUT2D eigenvalue weighted by Gasteiger charge is 2.21. The van der Waals surface area contributed by atoms with Gasteiger partial charge < -0.3 is 4.74 Å². The summed E-state index contributed by atoms with van der Waals surface area (Å²) in [4.78, 5) is 11.6. The first kappa shape index (κ1) is 26.9. The van der Waals surface area contributed by atoms with Crippen molar-refractivity contribution in [2.24, 2.45) is 5.41 Å². The predicted molar refractivity (Wildman–Crippen MR) is 128 cm³/mol. The molecule has 0 aromatic carbocycles. The molecule has 0 amide bonds. The van der Waals surface area contributed by atoms with Crippen molar-refractivity contribution in [3.8, 4) is 0 Å². The summed E-state index contributed by atoms with van der Waals surface area (Å²) in [6.45, 7) is 8.66. The van der Waals surface area contributed by atoms with E-state index in [0.717, 1.165) is 44.9 Å². The summed E-state index contributed by atoms with van der Waals surface area (Å²) in [5.41, 5.74) is -0.0510. The molecule has 0 aromatic heterocycles. The van der Waals surface area contributed by atoms with Crippen LogP contribution in [0.2, 0.25) is 0 Å². The third-order valence-electron chi connectivity index (χ3n) is 4.20. The largest absolute Gasteiger partial charge is 0.466 e. The molecular formula is C27H42O2. The summed E-state index contributed by atoms with van der Waals surface area (Å²) >= 11 is 0. The van der Waals surface area contributed by atoms with Crippen molar-refractivity contribution < 1.29 is 9.53 Å².